The van der Waals surface area contributed by atoms with Crippen molar-refractivity contribution < 1.29 is 4.74 Å². The van der Waals surface area contributed by atoms with Gasteiger partial charge >= 0.3 is 0 Å². The molecule has 0 saturated carbocycles. The lowest BCUT2D eigenvalue weighted by atomic mass is 10.2. The van der Waals surface area contributed by atoms with E-state index in [1.54, 1.807) is 7.11 Å². The minimum absolute atomic E-state index is 0.750. The van der Waals surface area contributed by atoms with Crippen LogP contribution in [0.2, 0.25) is 0 Å². The Labute approximate surface area is 88.0 Å². The van der Waals surface area contributed by atoms with Gasteiger partial charge in [0.15, 0.2) is 0 Å². The van der Waals surface area contributed by atoms with Crippen LogP contribution in [0.15, 0.2) is 0 Å². The van der Waals surface area contributed by atoms with E-state index in [9.17, 15) is 0 Å². The summed E-state index contributed by atoms with van der Waals surface area (Å²) in [5.74, 6) is 0. The van der Waals surface area contributed by atoms with Gasteiger partial charge in [0.1, 0.15) is 0 Å². The van der Waals surface area contributed by atoms with Crippen LogP contribution < -0.4 is 0 Å². The Bertz CT molecular complexity index is 144. The fourth-order valence-corrected chi connectivity index (χ4v) is 1.91. The Morgan fingerprint density at radius 2 is 1.86 bits per heavy atom. The molecule has 84 valence electrons. The fraction of sp³-hybridized carbons (Fsp3) is 1.00. The summed E-state index contributed by atoms with van der Waals surface area (Å²) in [5.41, 5.74) is 0. The van der Waals surface area contributed by atoms with Gasteiger partial charge in [-0.25, -0.2) is 0 Å². The van der Waals surface area contributed by atoms with Gasteiger partial charge in [0.2, 0.25) is 0 Å². The summed E-state index contributed by atoms with van der Waals surface area (Å²) in [7, 11) is 1.77. The first-order valence-corrected chi connectivity index (χ1v) is 5.73. The van der Waals surface area contributed by atoms with Crippen molar-refractivity contribution in [2.45, 2.75) is 26.3 Å². The molecular formula is C11H24N2O. The van der Waals surface area contributed by atoms with E-state index in [4.69, 9.17) is 4.74 Å². The van der Waals surface area contributed by atoms with Gasteiger partial charge in [-0.1, -0.05) is 6.92 Å². The quantitative estimate of drug-likeness (QED) is 0.660. The molecule has 0 radical (unpaired) electrons. The molecule has 14 heavy (non-hydrogen) atoms. The average molecular weight is 200 g/mol. The van der Waals surface area contributed by atoms with E-state index in [1.165, 1.54) is 32.6 Å². The largest absolute Gasteiger partial charge is 0.383 e. The molecule has 0 bridgehead atoms. The third-order valence-electron chi connectivity index (χ3n) is 3.23. The Balaban J connectivity index is 2.17. The lowest BCUT2D eigenvalue weighted by Gasteiger charge is -2.37. The maximum absolute atomic E-state index is 5.08. The van der Waals surface area contributed by atoms with Crippen LogP contribution >= 0.6 is 0 Å². The number of nitrogens with zero attached hydrogens (tertiary/aromatic N) is 2. The van der Waals surface area contributed by atoms with E-state index in [0.29, 0.717) is 0 Å². The van der Waals surface area contributed by atoms with Gasteiger partial charge in [0, 0.05) is 45.9 Å². The third kappa shape index (κ3) is 3.56. The second-order valence-corrected chi connectivity index (χ2v) is 4.13. The molecule has 0 aromatic rings. The second kappa shape index (κ2) is 6.38. The van der Waals surface area contributed by atoms with Crippen molar-refractivity contribution in [2.75, 3.05) is 46.4 Å². The van der Waals surface area contributed by atoms with Gasteiger partial charge in [-0.2, -0.15) is 0 Å². The molecule has 0 spiro atoms. The molecule has 1 heterocycles. The molecular weight excluding hydrogens is 176 g/mol. The predicted octanol–water partition coefficient (Wildman–Crippen LogP) is 1.05. The smallest absolute Gasteiger partial charge is 0.0589 e. The first-order valence-electron chi connectivity index (χ1n) is 5.73. The van der Waals surface area contributed by atoms with Crippen LogP contribution in [0.25, 0.3) is 0 Å². The molecule has 1 unspecified atom stereocenters. The zero-order valence-corrected chi connectivity index (χ0v) is 9.83. The summed E-state index contributed by atoms with van der Waals surface area (Å²) in [5, 5.41) is 0. The number of ether oxygens (including phenoxy) is 1. The average Bonchev–Trinajstić information content (AvgIpc) is 2.26. The van der Waals surface area contributed by atoms with E-state index < -0.39 is 0 Å². The van der Waals surface area contributed by atoms with Crippen molar-refractivity contribution in [2.24, 2.45) is 0 Å². The fourth-order valence-electron chi connectivity index (χ4n) is 1.91. The van der Waals surface area contributed by atoms with Gasteiger partial charge in [-0.3, -0.25) is 9.80 Å². The summed E-state index contributed by atoms with van der Waals surface area (Å²) in [6.07, 6.45) is 1.26. The van der Waals surface area contributed by atoms with E-state index >= 15 is 0 Å². The lowest BCUT2D eigenvalue weighted by molar-refractivity contribution is 0.0778. The molecule has 3 nitrogen and oxygen atoms in total. The van der Waals surface area contributed by atoms with Crippen molar-refractivity contribution in [3.05, 3.63) is 0 Å². The summed E-state index contributed by atoms with van der Waals surface area (Å²) in [6.45, 7) is 11.4. The second-order valence-electron chi connectivity index (χ2n) is 4.13. The maximum atomic E-state index is 5.08. The molecule has 1 aliphatic heterocycles. The number of methoxy groups -OCH3 is 1. The van der Waals surface area contributed by atoms with Crippen LogP contribution in [0.3, 0.4) is 0 Å². The van der Waals surface area contributed by atoms with Crippen LogP contribution in [0.4, 0.5) is 0 Å². The standard InChI is InChI=1S/C11H24N2O/c1-4-11(2)13-7-5-12(6-8-13)9-10-14-3/h11H,4-10H2,1-3H3. The zero-order valence-electron chi connectivity index (χ0n) is 9.83. The highest BCUT2D eigenvalue weighted by Gasteiger charge is 2.19. The first kappa shape index (κ1) is 12.0. The topological polar surface area (TPSA) is 15.7 Å². The van der Waals surface area contributed by atoms with Crippen LogP contribution in [-0.4, -0.2) is 62.3 Å². The van der Waals surface area contributed by atoms with Gasteiger partial charge < -0.3 is 4.74 Å². The monoisotopic (exact) mass is 200 g/mol. The molecule has 1 atom stereocenters. The Morgan fingerprint density at radius 1 is 1.21 bits per heavy atom. The molecule has 0 aromatic carbocycles. The highest BCUT2D eigenvalue weighted by Crippen LogP contribution is 2.08. The molecule has 3 heteroatoms. The predicted molar refractivity (Wildman–Crippen MR) is 59.6 cm³/mol. The van der Waals surface area contributed by atoms with Crippen LogP contribution in [0, 0.1) is 0 Å². The minimum Gasteiger partial charge on any atom is -0.383 e. The number of piperazine rings is 1. The zero-order chi connectivity index (χ0) is 10.4. The van der Waals surface area contributed by atoms with Crippen molar-refractivity contribution in [1.29, 1.82) is 0 Å². The normalized spacial score (nSPS) is 22.5. The summed E-state index contributed by atoms with van der Waals surface area (Å²) in [6, 6.07) is 0.750. The van der Waals surface area contributed by atoms with Crippen molar-refractivity contribution >= 4 is 0 Å². The molecule has 1 rings (SSSR count). The maximum Gasteiger partial charge on any atom is 0.0589 e. The highest BCUT2D eigenvalue weighted by atomic mass is 16.5. The molecule has 0 N–H and O–H groups in total. The summed E-state index contributed by atoms with van der Waals surface area (Å²) in [4.78, 5) is 5.08. The number of rotatable bonds is 5. The van der Waals surface area contributed by atoms with Gasteiger partial charge in [-0.15, -0.1) is 0 Å². The molecule has 0 aromatic heterocycles. The molecule has 1 fully saturated rings. The Morgan fingerprint density at radius 3 is 2.36 bits per heavy atom. The van der Waals surface area contributed by atoms with Crippen molar-refractivity contribution in [3.8, 4) is 0 Å². The highest BCUT2D eigenvalue weighted by molar-refractivity contribution is 4.75. The third-order valence-corrected chi connectivity index (χ3v) is 3.23. The number of hydrogen-bond donors (Lipinski definition) is 0. The Hall–Kier alpha value is -0.120. The molecule has 0 amide bonds. The van der Waals surface area contributed by atoms with Crippen LogP contribution in [0.1, 0.15) is 20.3 Å². The summed E-state index contributed by atoms with van der Waals surface area (Å²) >= 11 is 0. The van der Waals surface area contributed by atoms with Gasteiger partial charge in [-0.05, 0) is 13.3 Å². The Kier molecular flexibility index (Phi) is 5.45. The van der Waals surface area contributed by atoms with Crippen molar-refractivity contribution in [3.63, 3.8) is 0 Å². The molecule has 1 aliphatic rings. The van der Waals surface area contributed by atoms with E-state index in [0.717, 1.165) is 19.2 Å². The molecule has 0 aliphatic carbocycles. The van der Waals surface area contributed by atoms with Crippen LogP contribution in [0.5, 0.6) is 0 Å². The van der Waals surface area contributed by atoms with Gasteiger partial charge in [0.25, 0.3) is 0 Å². The SMILES string of the molecule is CCC(C)N1CCN(CCOC)CC1. The van der Waals surface area contributed by atoms with E-state index in [-0.39, 0.29) is 0 Å². The lowest BCUT2D eigenvalue weighted by Crippen LogP contribution is -2.50. The number of hydrogen-bond acceptors (Lipinski definition) is 3. The molecule has 1 saturated heterocycles. The van der Waals surface area contributed by atoms with E-state index in [1.807, 2.05) is 0 Å². The van der Waals surface area contributed by atoms with Crippen molar-refractivity contribution in [1.82, 2.24) is 9.80 Å². The van der Waals surface area contributed by atoms with E-state index in [2.05, 4.69) is 23.6 Å². The first-order chi connectivity index (χ1) is 6.77. The summed E-state index contributed by atoms with van der Waals surface area (Å²) < 4.78 is 5.08. The van der Waals surface area contributed by atoms with Crippen LogP contribution in [-0.2, 0) is 4.74 Å². The van der Waals surface area contributed by atoms with Gasteiger partial charge in [0.05, 0.1) is 6.61 Å². The minimum atomic E-state index is 0.750.